The number of anilines is 1. The zero-order valence-electron chi connectivity index (χ0n) is 19.0. The Labute approximate surface area is 197 Å². The van der Waals surface area contributed by atoms with Gasteiger partial charge in [-0.05, 0) is 30.0 Å². The summed E-state index contributed by atoms with van der Waals surface area (Å²) in [6.07, 6.45) is 1.45. The molecule has 4 rings (SSSR count). The van der Waals surface area contributed by atoms with Gasteiger partial charge in [-0.15, -0.1) is 12.4 Å². The van der Waals surface area contributed by atoms with E-state index in [4.69, 9.17) is 4.98 Å². The number of amides is 1. The molecule has 32 heavy (non-hydrogen) atoms. The number of carbonyl (C=O) groups excluding carboxylic acids is 1. The molecule has 2 heterocycles. The summed E-state index contributed by atoms with van der Waals surface area (Å²) in [6.45, 7) is 10.1. The van der Waals surface area contributed by atoms with E-state index in [2.05, 4.69) is 76.6 Å². The summed E-state index contributed by atoms with van der Waals surface area (Å²) in [5.41, 5.74) is 3.20. The molecule has 0 atom stereocenters. The third-order valence-electron chi connectivity index (χ3n) is 6.06. The minimum atomic E-state index is 0. The van der Waals surface area contributed by atoms with E-state index in [9.17, 15) is 4.79 Å². The number of hydrogen-bond donors (Lipinski definition) is 1. The summed E-state index contributed by atoms with van der Waals surface area (Å²) in [6, 6.07) is 19.1. The van der Waals surface area contributed by atoms with Gasteiger partial charge in [0.1, 0.15) is 5.82 Å². The molecule has 0 radical (unpaired) electrons. The van der Waals surface area contributed by atoms with Crippen molar-refractivity contribution < 1.29 is 4.79 Å². The van der Waals surface area contributed by atoms with Crippen LogP contribution in [0, 0.1) is 0 Å². The molecular formula is C26H33ClN4O. The van der Waals surface area contributed by atoms with Crippen molar-refractivity contribution in [2.24, 2.45) is 0 Å². The predicted octanol–water partition coefficient (Wildman–Crippen LogP) is 4.88. The van der Waals surface area contributed by atoms with Crippen LogP contribution in [0.15, 0.2) is 54.6 Å². The Morgan fingerprint density at radius 1 is 1.00 bits per heavy atom. The predicted molar refractivity (Wildman–Crippen MR) is 136 cm³/mol. The molecule has 2 aromatic carbocycles. The lowest BCUT2D eigenvalue weighted by Gasteiger charge is -2.35. The van der Waals surface area contributed by atoms with Crippen LogP contribution in [0.2, 0.25) is 0 Å². The number of fused-ring (bicyclic) bond motifs is 1. The van der Waals surface area contributed by atoms with Crippen molar-refractivity contribution in [2.45, 2.75) is 33.2 Å². The number of likely N-dealkylation sites (N-methyl/N-ethyl adjacent to an activating group) is 1. The Hall–Kier alpha value is -2.63. The van der Waals surface area contributed by atoms with Crippen LogP contribution >= 0.6 is 12.4 Å². The zero-order chi connectivity index (χ0) is 21.6. The quantitative estimate of drug-likeness (QED) is 0.555. The van der Waals surface area contributed by atoms with E-state index in [-0.39, 0.29) is 18.3 Å². The maximum Gasteiger partial charge on any atom is 0.220 e. The highest BCUT2D eigenvalue weighted by molar-refractivity contribution is 5.95. The SMILES string of the molecule is CCCC(=O)NCc1ccc(-c2cc3ccccc3c(N3CCN(CC)CC3)n2)cc1.Cl. The van der Waals surface area contributed by atoms with Gasteiger partial charge in [-0.1, -0.05) is 62.4 Å². The van der Waals surface area contributed by atoms with E-state index >= 15 is 0 Å². The largest absolute Gasteiger partial charge is 0.354 e. The van der Waals surface area contributed by atoms with E-state index in [0.29, 0.717) is 13.0 Å². The van der Waals surface area contributed by atoms with Crippen molar-refractivity contribution in [3.8, 4) is 11.3 Å². The second-order valence-corrected chi connectivity index (χ2v) is 8.20. The molecule has 3 aromatic rings. The first-order chi connectivity index (χ1) is 15.2. The zero-order valence-corrected chi connectivity index (χ0v) is 19.8. The van der Waals surface area contributed by atoms with Crippen molar-refractivity contribution in [1.29, 1.82) is 0 Å². The summed E-state index contributed by atoms with van der Waals surface area (Å²) in [7, 11) is 0. The molecule has 1 fully saturated rings. The highest BCUT2D eigenvalue weighted by Gasteiger charge is 2.19. The summed E-state index contributed by atoms with van der Waals surface area (Å²) in [4.78, 5) is 21.8. The Morgan fingerprint density at radius 2 is 1.72 bits per heavy atom. The Kier molecular flexibility index (Phi) is 8.48. The number of pyridine rings is 1. The summed E-state index contributed by atoms with van der Waals surface area (Å²) < 4.78 is 0. The fourth-order valence-corrected chi connectivity index (χ4v) is 4.15. The molecule has 1 aliphatic rings. The number of rotatable bonds is 7. The van der Waals surface area contributed by atoms with Crippen LogP contribution in [0.5, 0.6) is 0 Å². The maximum atomic E-state index is 11.7. The van der Waals surface area contributed by atoms with Gasteiger partial charge in [0.05, 0.1) is 5.69 Å². The van der Waals surface area contributed by atoms with Crippen LogP contribution in [0.4, 0.5) is 5.82 Å². The fraction of sp³-hybridized carbons (Fsp3) is 0.385. The van der Waals surface area contributed by atoms with Gasteiger partial charge in [0, 0.05) is 50.1 Å². The molecule has 0 spiro atoms. The maximum absolute atomic E-state index is 11.7. The van der Waals surface area contributed by atoms with Crippen LogP contribution < -0.4 is 10.2 Å². The molecule has 6 heteroatoms. The van der Waals surface area contributed by atoms with E-state index in [1.165, 1.54) is 10.8 Å². The molecule has 1 aromatic heterocycles. The van der Waals surface area contributed by atoms with Crippen molar-refractivity contribution in [1.82, 2.24) is 15.2 Å². The van der Waals surface area contributed by atoms with E-state index < -0.39 is 0 Å². The first kappa shape index (κ1) is 24.0. The van der Waals surface area contributed by atoms with Crippen molar-refractivity contribution >= 4 is 34.9 Å². The lowest BCUT2D eigenvalue weighted by molar-refractivity contribution is -0.121. The minimum Gasteiger partial charge on any atom is -0.354 e. The van der Waals surface area contributed by atoms with Crippen molar-refractivity contribution in [3.63, 3.8) is 0 Å². The van der Waals surface area contributed by atoms with E-state index in [0.717, 1.165) is 61.8 Å². The van der Waals surface area contributed by atoms with Gasteiger partial charge < -0.3 is 15.1 Å². The van der Waals surface area contributed by atoms with Crippen LogP contribution in [-0.2, 0) is 11.3 Å². The van der Waals surface area contributed by atoms with Gasteiger partial charge in [0.2, 0.25) is 5.91 Å². The molecule has 0 aliphatic carbocycles. The number of carbonyl (C=O) groups is 1. The third-order valence-corrected chi connectivity index (χ3v) is 6.06. The second kappa shape index (κ2) is 11.3. The summed E-state index contributed by atoms with van der Waals surface area (Å²) in [5, 5.41) is 5.41. The number of benzene rings is 2. The monoisotopic (exact) mass is 452 g/mol. The summed E-state index contributed by atoms with van der Waals surface area (Å²) in [5.74, 6) is 1.19. The number of nitrogens with zero attached hydrogens (tertiary/aromatic N) is 3. The molecule has 1 saturated heterocycles. The van der Waals surface area contributed by atoms with Crippen LogP contribution in [-0.4, -0.2) is 48.5 Å². The molecule has 170 valence electrons. The molecule has 0 unspecified atom stereocenters. The number of nitrogens with one attached hydrogen (secondary N) is 1. The van der Waals surface area contributed by atoms with Crippen molar-refractivity contribution in [3.05, 3.63) is 60.2 Å². The Bertz CT molecular complexity index is 1030. The number of halogens is 1. The first-order valence-corrected chi connectivity index (χ1v) is 11.4. The molecule has 0 bridgehead atoms. The molecule has 0 saturated carbocycles. The molecule has 5 nitrogen and oxygen atoms in total. The standard InChI is InChI=1S/C26H32N4O.ClH/c1-3-7-25(31)27-19-20-10-12-21(13-11-20)24-18-22-8-5-6-9-23(22)26(28-24)30-16-14-29(4-2)15-17-30;/h5-6,8-13,18H,3-4,7,14-17,19H2,1-2H3,(H,27,31);1H. The summed E-state index contributed by atoms with van der Waals surface area (Å²) >= 11 is 0. The molecular weight excluding hydrogens is 420 g/mol. The van der Waals surface area contributed by atoms with Gasteiger partial charge in [-0.25, -0.2) is 4.98 Å². The first-order valence-electron chi connectivity index (χ1n) is 11.4. The van der Waals surface area contributed by atoms with E-state index in [1.54, 1.807) is 0 Å². The fourth-order valence-electron chi connectivity index (χ4n) is 4.15. The number of hydrogen-bond acceptors (Lipinski definition) is 4. The normalized spacial score (nSPS) is 14.2. The third kappa shape index (κ3) is 5.59. The lowest BCUT2D eigenvalue weighted by atomic mass is 10.0. The Morgan fingerprint density at radius 3 is 2.41 bits per heavy atom. The van der Waals surface area contributed by atoms with Gasteiger partial charge in [-0.3, -0.25) is 4.79 Å². The average molecular weight is 453 g/mol. The molecule has 1 N–H and O–H groups in total. The van der Waals surface area contributed by atoms with Crippen LogP contribution in [0.3, 0.4) is 0 Å². The lowest BCUT2D eigenvalue weighted by Crippen LogP contribution is -2.46. The number of aromatic nitrogens is 1. The van der Waals surface area contributed by atoms with Crippen LogP contribution in [0.1, 0.15) is 32.3 Å². The van der Waals surface area contributed by atoms with Gasteiger partial charge >= 0.3 is 0 Å². The average Bonchev–Trinajstić information content (AvgIpc) is 2.82. The van der Waals surface area contributed by atoms with Crippen molar-refractivity contribution in [2.75, 3.05) is 37.6 Å². The second-order valence-electron chi connectivity index (χ2n) is 8.20. The molecule has 1 amide bonds. The smallest absolute Gasteiger partial charge is 0.220 e. The topological polar surface area (TPSA) is 48.5 Å². The van der Waals surface area contributed by atoms with Gasteiger partial charge in [-0.2, -0.15) is 0 Å². The number of piperazine rings is 1. The highest BCUT2D eigenvalue weighted by atomic mass is 35.5. The van der Waals surface area contributed by atoms with E-state index in [1.807, 2.05) is 6.92 Å². The highest BCUT2D eigenvalue weighted by Crippen LogP contribution is 2.30. The van der Waals surface area contributed by atoms with Gasteiger partial charge in [0.15, 0.2) is 0 Å². The minimum absolute atomic E-state index is 0. The van der Waals surface area contributed by atoms with Crippen LogP contribution in [0.25, 0.3) is 22.0 Å². The Balaban J connectivity index is 0.00000289. The van der Waals surface area contributed by atoms with Gasteiger partial charge in [0.25, 0.3) is 0 Å². The molecule has 1 aliphatic heterocycles.